The molecule has 0 aliphatic carbocycles. The van der Waals surface area contributed by atoms with Gasteiger partial charge in [0.1, 0.15) is 23.8 Å². The van der Waals surface area contributed by atoms with E-state index in [4.69, 9.17) is 0 Å². The van der Waals surface area contributed by atoms with Crippen LogP contribution in [0.4, 0.5) is 33.0 Å². The molecule has 0 radical (unpaired) electrons. The van der Waals surface area contributed by atoms with Crippen molar-refractivity contribution >= 4 is 55.7 Å². The molecule has 2 aromatic carbocycles. The first-order valence-electron chi connectivity index (χ1n) is 12.6. The van der Waals surface area contributed by atoms with Crippen LogP contribution in [0, 0.1) is 28.7 Å². The zero-order valence-electron chi connectivity index (χ0n) is 25.0. The van der Waals surface area contributed by atoms with E-state index in [1.165, 1.54) is 11.4 Å². The summed E-state index contributed by atoms with van der Waals surface area (Å²) in [6.45, 7) is 6.17. The molecule has 0 aliphatic rings. The molecule has 0 bridgehead atoms. The van der Waals surface area contributed by atoms with E-state index in [1.54, 1.807) is 22.7 Å². The van der Waals surface area contributed by atoms with Crippen molar-refractivity contribution in [3.63, 3.8) is 0 Å². The fourth-order valence-corrected chi connectivity index (χ4v) is 5.34. The van der Waals surface area contributed by atoms with E-state index in [1.807, 2.05) is 46.4 Å². The van der Waals surface area contributed by atoms with E-state index in [9.17, 15) is 0 Å². The number of hydrogen-bond donors (Lipinski definition) is 0. The maximum atomic E-state index is 4.45. The Morgan fingerprint density at radius 3 is 1.38 bits per heavy atom. The van der Waals surface area contributed by atoms with Gasteiger partial charge in [-0.2, -0.15) is 0 Å². The monoisotopic (exact) mass is 578 g/mol. The molecule has 0 aliphatic heterocycles. The Balaban J connectivity index is 0.00000280. The van der Waals surface area contributed by atoms with Crippen LogP contribution in [0.2, 0.25) is 0 Å². The molecule has 2 aromatic heterocycles. The molecule has 2 heterocycles. The minimum atomic E-state index is 0. The lowest BCUT2D eigenvalue weighted by Gasteiger charge is -2.22. The van der Waals surface area contributed by atoms with Crippen molar-refractivity contribution in [1.29, 1.82) is 0 Å². The van der Waals surface area contributed by atoms with Crippen LogP contribution in [0.3, 0.4) is 0 Å². The van der Waals surface area contributed by atoms with Crippen LogP contribution in [0.5, 0.6) is 0 Å². The smallest absolute Gasteiger partial charge is 0.375 e. The largest absolute Gasteiger partial charge is 0.408 e. The number of benzene rings is 2. The van der Waals surface area contributed by atoms with Gasteiger partial charge in [0.15, 0.2) is 0 Å². The average molecular weight is 579 g/mol. The van der Waals surface area contributed by atoms with Crippen molar-refractivity contribution in [2.24, 2.45) is 34.6 Å². The molecule has 0 fully saturated rings. The summed E-state index contributed by atoms with van der Waals surface area (Å²) in [4.78, 5) is 4.62. The van der Waals surface area contributed by atoms with Crippen LogP contribution in [-0.4, -0.2) is 27.2 Å². The lowest BCUT2D eigenvalue weighted by molar-refractivity contribution is -0.654. The van der Waals surface area contributed by atoms with E-state index in [2.05, 4.69) is 94.6 Å². The van der Waals surface area contributed by atoms with Gasteiger partial charge in [0.05, 0.1) is 24.3 Å². The summed E-state index contributed by atoms with van der Waals surface area (Å²) in [6, 6.07) is 12.7. The fraction of sp³-hybridized carbons (Fsp3) is 0.333. The van der Waals surface area contributed by atoms with Gasteiger partial charge in [0, 0.05) is 49.3 Å². The number of aryl methyl sites for hydroxylation is 4. The fourth-order valence-electron chi connectivity index (χ4n) is 3.98. The molecule has 0 spiro atoms. The topological polar surface area (TPSA) is 63.7 Å². The van der Waals surface area contributed by atoms with Crippen molar-refractivity contribution in [2.45, 2.75) is 26.7 Å². The Labute approximate surface area is 248 Å². The Bertz CT molecular complexity index is 1320. The molecule has 0 saturated heterocycles. The first kappa shape index (κ1) is 32.7. The molecule has 4 aromatic rings. The van der Waals surface area contributed by atoms with Crippen LogP contribution in [0.1, 0.15) is 24.0 Å². The summed E-state index contributed by atoms with van der Waals surface area (Å²) < 4.78 is 3.94. The highest BCUT2D eigenvalue weighted by Crippen LogP contribution is 2.28. The van der Waals surface area contributed by atoms with Crippen molar-refractivity contribution in [1.82, 2.24) is 0 Å². The van der Waals surface area contributed by atoms with Gasteiger partial charge < -0.3 is 24.7 Å². The number of aromatic nitrogens is 2. The first-order chi connectivity index (χ1) is 18.3. The van der Waals surface area contributed by atoms with Crippen LogP contribution in [0.15, 0.2) is 80.0 Å². The third kappa shape index (κ3) is 8.50. The molecular weight excluding hydrogens is 537 g/mol. The van der Waals surface area contributed by atoms with Crippen molar-refractivity contribution in [2.75, 3.05) is 37.0 Å². The summed E-state index contributed by atoms with van der Waals surface area (Å²) in [5, 5.41) is 23.5. The van der Waals surface area contributed by atoms with E-state index < -0.39 is 0 Å². The Hall–Kier alpha value is -3.50. The maximum absolute atomic E-state index is 4.45. The summed E-state index contributed by atoms with van der Waals surface area (Å²) >= 11 is 3.16. The summed E-state index contributed by atoms with van der Waals surface area (Å²) in [7, 11) is 8.26. The molecule has 214 valence electrons. The van der Waals surface area contributed by atoms with Gasteiger partial charge in [-0.15, -0.1) is 0 Å². The molecule has 10 heteroatoms. The summed E-state index contributed by atoms with van der Waals surface area (Å²) in [5.74, 6) is 0. The number of azo groups is 2. The van der Waals surface area contributed by atoms with Crippen LogP contribution < -0.4 is 18.9 Å². The Morgan fingerprint density at radius 1 is 0.650 bits per heavy atom. The standard InChI is InChI=1S/C28H36N8S2.2CH3/c1-21-19-23(9-11-25(21)29-31-27-35(5)15-17-37-27)33(3)13-7-8-14-34(4)24-10-12-26(22(2)20-24)30-32-28-36(6)16-18-38-28;;/h9-12,15-20H,7-8,13-14H2,1-6H3;2*1H3/q+2;2*-1. The molecule has 8 nitrogen and oxygen atoms in total. The van der Waals surface area contributed by atoms with E-state index in [0.29, 0.717) is 0 Å². The lowest BCUT2D eigenvalue weighted by atomic mass is 10.1. The highest BCUT2D eigenvalue weighted by Gasteiger charge is 2.11. The van der Waals surface area contributed by atoms with Gasteiger partial charge in [-0.05, 0) is 107 Å². The average Bonchev–Trinajstić information content (AvgIpc) is 3.51. The van der Waals surface area contributed by atoms with Crippen molar-refractivity contribution in [3.05, 3.63) is 85.5 Å². The maximum Gasteiger partial charge on any atom is 0.408 e. The lowest BCUT2D eigenvalue weighted by Crippen LogP contribution is -2.23. The second kappa shape index (κ2) is 15.3. The predicted octanol–water partition coefficient (Wildman–Crippen LogP) is 8.16. The number of nitrogens with zero attached hydrogens (tertiary/aromatic N) is 8. The zero-order valence-corrected chi connectivity index (χ0v) is 26.6. The number of hydrogen-bond acceptors (Lipinski definition) is 8. The molecule has 0 amide bonds. The van der Waals surface area contributed by atoms with E-state index in [-0.39, 0.29) is 14.9 Å². The number of thiazole rings is 2. The molecule has 0 unspecified atom stereocenters. The SMILES string of the molecule is Cc1cc(N(C)CCCCN(C)c2ccc(N=Nc3scc[n+]3C)c(C)c2)ccc1N=Nc1scc[n+]1C.[CH3-].[CH3-]. The Morgan fingerprint density at radius 2 is 1.05 bits per heavy atom. The second-order valence-corrected chi connectivity index (χ2v) is 11.2. The zero-order chi connectivity index (χ0) is 27.1. The normalized spacial score (nSPS) is 11.1. The number of anilines is 2. The second-order valence-electron chi connectivity index (χ2n) is 9.48. The van der Waals surface area contributed by atoms with E-state index >= 15 is 0 Å². The van der Waals surface area contributed by atoms with Gasteiger partial charge in [0.25, 0.3) is 0 Å². The molecular formula is C30H42N8S2. The van der Waals surface area contributed by atoms with Crippen LogP contribution >= 0.6 is 22.7 Å². The van der Waals surface area contributed by atoms with Gasteiger partial charge in [-0.1, -0.05) is 0 Å². The first-order valence-corrected chi connectivity index (χ1v) is 14.4. The highest BCUT2D eigenvalue weighted by atomic mass is 32.1. The summed E-state index contributed by atoms with van der Waals surface area (Å²) in [6.07, 6.45) is 6.19. The number of rotatable bonds is 11. The molecule has 0 saturated carbocycles. The molecule has 4 rings (SSSR count). The van der Waals surface area contributed by atoms with Crippen molar-refractivity contribution in [3.8, 4) is 0 Å². The van der Waals surface area contributed by atoms with Gasteiger partial charge in [0.2, 0.25) is 0 Å². The van der Waals surface area contributed by atoms with Gasteiger partial charge in [-0.3, -0.25) is 0 Å². The minimum Gasteiger partial charge on any atom is -0.375 e. The molecule has 40 heavy (non-hydrogen) atoms. The quantitative estimate of drug-likeness (QED) is 0.0780. The molecule has 0 atom stereocenters. The van der Waals surface area contributed by atoms with Gasteiger partial charge in [-0.25, -0.2) is 9.13 Å². The Kier molecular flexibility index (Phi) is 12.5. The van der Waals surface area contributed by atoms with E-state index in [0.717, 1.165) is 58.7 Å². The van der Waals surface area contributed by atoms with Crippen molar-refractivity contribution < 1.29 is 9.13 Å². The third-order valence-electron chi connectivity index (χ3n) is 6.49. The van der Waals surface area contributed by atoms with Crippen LogP contribution in [-0.2, 0) is 14.1 Å². The minimum absolute atomic E-state index is 0. The highest BCUT2D eigenvalue weighted by molar-refractivity contribution is 7.13. The molecule has 0 N–H and O–H groups in total. The third-order valence-corrected chi connectivity index (χ3v) is 8.16. The van der Waals surface area contributed by atoms with Gasteiger partial charge >= 0.3 is 10.3 Å². The predicted molar refractivity (Wildman–Crippen MR) is 170 cm³/mol. The number of unbranched alkanes of at least 4 members (excludes halogenated alkanes) is 1. The summed E-state index contributed by atoms with van der Waals surface area (Å²) in [5.41, 5.74) is 6.46. The van der Waals surface area contributed by atoms with Crippen LogP contribution in [0.25, 0.3) is 0 Å².